The van der Waals surface area contributed by atoms with Gasteiger partial charge in [0.1, 0.15) is 0 Å². The molecule has 0 bridgehead atoms. The van der Waals surface area contributed by atoms with Crippen LogP contribution in [0.3, 0.4) is 0 Å². The second-order valence-electron chi connectivity index (χ2n) is 17.7. The Balaban J connectivity index is 4.32. The first-order valence-corrected chi connectivity index (χ1v) is 25.9. The number of esters is 2. The van der Waals surface area contributed by atoms with Crippen molar-refractivity contribution in [2.24, 2.45) is 5.92 Å². The molecule has 346 valence electrons. The van der Waals surface area contributed by atoms with Crippen LogP contribution in [0.15, 0.2) is 0 Å². The molecule has 0 saturated carbocycles. The maximum absolute atomic E-state index is 13.0. The molecule has 0 radical (unpaired) electrons. The number of rotatable bonds is 48. The molecule has 0 aromatic heterocycles. The molecule has 1 atom stereocenters. The molecule has 0 rings (SSSR count). The Hall–Kier alpha value is -1.18. The summed E-state index contributed by atoms with van der Waals surface area (Å²) >= 11 is 0. The van der Waals surface area contributed by atoms with Gasteiger partial charge in [-0.05, 0) is 96.9 Å². The van der Waals surface area contributed by atoms with Crippen molar-refractivity contribution in [3.8, 4) is 0 Å². The van der Waals surface area contributed by atoms with E-state index in [-0.39, 0.29) is 24.5 Å². The van der Waals surface area contributed by atoms with Gasteiger partial charge in [-0.25, -0.2) is 0 Å². The van der Waals surface area contributed by atoms with Crippen LogP contribution in [0.25, 0.3) is 0 Å². The zero-order valence-corrected chi connectivity index (χ0v) is 39.7. The molecule has 0 heterocycles. The predicted molar refractivity (Wildman–Crippen MR) is 250 cm³/mol. The van der Waals surface area contributed by atoms with Gasteiger partial charge in [-0.2, -0.15) is 0 Å². The van der Waals surface area contributed by atoms with Crippen LogP contribution in [-0.2, 0) is 19.1 Å². The molecule has 0 aromatic rings. The number of aliphatic hydroxyl groups excluding tert-OH is 1. The van der Waals surface area contributed by atoms with Crippen LogP contribution in [-0.4, -0.2) is 85.9 Å². The molecular formula is C51H102N2O5. The minimum Gasteiger partial charge on any atom is -0.466 e. The molecule has 7 nitrogen and oxygen atoms in total. The summed E-state index contributed by atoms with van der Waals surface area (Å²) in [5.41, 5.74) is 0. The van der Waals surface area contributed by atoms with Gasteiger partial charge in [0, 0.05) is 13.2 Å². The second kappa shape index (κ2) is 46.9. The molecule has 0 aromatic carbocycles. The summed E-state index contributed by atoms with van der Waals surface area (Å²) in [7, 11) is 0. The highest BCUT2D eigenvalue weighted by Gasteiger charge is 2.19. The average molecular weight is 823 g/mol. The van der Waals surface area contributed by atoms with Crippen LogP contribution < -0.4 is 0 Å². The van der Waals surface area contributed by atoms with Gasteiger partial charge in [-0.15, -0.1) is 0 Å². The fraction of sp³-hybridized carbons (Fsp3) is 0.961. The van der Waals surface area contributed by atoms with Crippen molar-refractivity contribution in [3.63, 3.8) is 0 Å². The second-order valence-corrected chi connectivity index (χ2v) is 17.7. The van der Waals surface area contributed by atoms with Crippen molar-refractivity contribution in [2.75, 3.05) is 59.1 Å². The lowest BCUT2D eigenvalue weighted by Gasteiger charge is -2.22. The summed E-state index contributed by atoms with van der Waals surface area (Å²) < 4.78 is 11.5. The maximum atomic E-state index is 13.0. The Morgan fingerprint density at radius 1 is 0.397 bits per heavy atom. The largest absolute Gasteiger partial charge is 0.466 e. The zero-order valence-electron chi connectivity index (χ0n) is 39.7. The third-order valence-corrected chi connectivity index (χ3v) is 12.1. The number of ether oxygens (including phenoxy) is 2. The van der Waals surface area contributed by atoms with Gasteiger partial charge in [-0.3, -0.25) is 9.59 Å². The number of carbonyl (C=O) groups excluding carboxylic acids is 2. The van der Waals surface area contributed by atoms with Gasteiger partial charge < -0.3 is 24.4 Å². The van der Waals surface area contributed by atoms with Crippen LogP contribution in [0.4, 0.5) is 0 Å². The third-order valence-electron chi connectivity index (χ3n) is 12.1. The van der Waals surface area contributed by atoms with E-state index < -0.39 is 0 Å². The molecule has 1 unspecified atom stereocenters. The molecule has 7 heteroatoms. The molecule has 0 saturated heterocycles. The summed E-state index contributed by atoms with van der Waals surface area (Å²) in [4.78, 5) is 30.7. The van der Waals surface area contributed by atoms with E-state index in [1.54, 1.807) is 0 Å². The number of hydrogen-bond donors (Lipinski definition) is 1. The molecule has 58 heavy (non-hydrogen) atoms. The summed E-state index contributed by atoms with van der Waals surface area (Å²) in [6.45, 7) is 16.7. The van der Waals surface area contributed by atoms with Crippen LogP contribution in [0, 0.1) is 5.92 Å². The number of carbonyl (C=O) groups is 2. The van der Waals surface area contributed by atoms with Gasteiger partial charge in [0.05, 0.1) is 25.6 Å². The summed E-state index contributed by atoms with van der Waals surface area (Å²) in [6.07, 6.45) is 41.3. The third kappa shape index (κ3) is 40.2. The van der Waals surface area contributed by atoms with Crippen molar-refractivity contribution in [3.05, 3.63) is 0 Å². The highest BCUT2D eigenvalue weighted by atomic mass is 16.5. The van der Waals surface area contributed by atoms with Gasteiger partial charge in [-0.1, -0.05) is 182 Å². The first-order chi connectivity index (χ1) is 28.5. The monoisotopic (exact) mass is 823 g/mol. The van der Waals surface area contributed by atoms with Gasteiger partial charge in [0.15, 0.2) is 0 Å². The highest BCUT2D eigenvalue weighted by Crippen LogP contribution is 2.21. The molecular weight excluding hydrogens is 721 g/mol. The quantitative estimate of drug-likeness (QED) is 0.0484. The Morgan fingerprint density at radius 3 is 1.16 bits per heavy atom. The number of hydrogen-bond acceptors (Lipinski definition) is 7. The van der Waals surface area contributed by atoms with E-state index in [2.05, 4.69) is 37.5 Å². The molecule has 1 N–H and O–H groups in total. The Morgan fingerprint density at radius 2 is 0.724 bits per heavy atom. The van der Waals surface area contributed by atoms with E-state index in [1.165, 1.54) is 128 Å². The van der Waals surface area contributed by atoms with E-state index in [0.29, 0.717) is 19.6 Å². The number of aliphatic hydroxyl groups is 1. The molecule has 0 aliphatic heterocycles. The molecule has 0 spiro atoms. The molecule has 0 aliphatic carbocycles. The van der Waals surface area contributed by atoms with Gasteiger partial charge in [0.2, 0.25) is 0 Å². The Bertz CT molecular complexity index is 826. The van der Waals surface area contributed by atoms with Crippen molar-refractivity contribution in [1.82, 2.24) is 9.80 Å². The van der Waals surface area contributed by atoms with E-state index >= 15 is 0 Å². The number of unbranched alkanes of at least 4 members (excludes halogenated alkanes) is 25. The van der Waals surface area contributed by atoms with E-state index in [0.717, 1.165) is 129 Å². The topological polar surface area (TPSA) is 79.3 Å². The molecule has 0 amide bonds. The van der Waals surface area contributed by atoms with Gasteiger partial charge in [0.25, 0.3) is 0 Å². The van der Waals surface area contributed by atoms with E-state index in [1.807, 2.05) is 0 Å². The van der Waals surface area contributed by atoms with E-state index in [4.69, 9.17) is 9.47 Å². The van der Waals surface area contributed by atoms with Crippen molar-refractivity contribution in [2.45, 2.75) is 252 Å². The van der Waals surface area contributed by atoms with Crippen LogP contribution in [0.2, 0.25) is 0 Å². The maximum Gasteiger partial charge on any atom is 0.308 e. The average Bonchev–Trinajstić information content (AvgIpc) is 3.22. The van der Waals surface area contributed by atoms with Crippen molar-refractivity contribution < 1.29 is 24.2 Å². The highest BCUT2D eigenvalue weighted by molar-refractivity contribution is 5.72. The number of nitrogens with zero attached hydrogens (tertiary/aromatic N) is 2. The Labute approximate surface area is 362 Å². The van der Waals surface area contributed by atoms with Gasteiger partial charge >= 0.3 is 11.9 Å². The summed E-state index contributed by atoms with van der Waals surface area (Å²) in [6, 6.07) is 0. The SMILES string of the molecule is CCCCCCCCC(CCCCCC)C(=O)OCCCCCCN(CCCCO)CCCCCCOC(=O)CCN(CCCCCCCC)CCCCCCCC. The zero-order chi connectivity index (χ0) is 42.4. The first-order valence-electron chi connectivity index (χ1n) is 25.9. The van der Waals surface area contributed by atoms with Crippen LogP contribution >= 0.6 is 0 Å². The molecule has 0 aliphatic rings. The molecule has 0 fully saturated rings. The lowest BCUT2D eigenvalue weighted by molar-refractivity contribution is -0.149. The minimum absolute atomic E-state index is 0.0328. The standard InChI is InChI=1S/C51H102N2O5/c1-5-9-13-17-20-28-38-49(37-27-16-12-8-4)51(56)58-48-36-26-24-32-41-52(44-33-34-46-54)40-31-23-25-35-47-57-50(55)39-45-53(42-29-21-18-14-10-6-2)43-30-22-19-15-11-7-3/h49,54H,5-48H2,1-4H3. The minimum atomic E-state index is -0.0328. The lowest BCUT2D eigenvalue weighted by Crippen LogP contribution is -2.29. The lowest BCUT2D eigenvalue weighted by atomic mass is 9.94. The Kier molecular flexibility index (Phi) is 45.9. The summed E-state index contributed by atoms with van der Waals surface area (Å²) in [5.74, 6) is 0.109. The normalized spacial score (nSPS) is 12.2. The predicted octanol–water partition coefficient (Wildman–Crippen LogP) is 14.0. The fourth-order valence-electron chi connectivity index (χ4n) is 8.10. The van der Waals surface area contributed by atoms with Crippen LogP contribution in [0.5, 0.6) is 0 Å². The summed E-state index contributed by atoms with van der Waals surface area (Å²) in [5, 5.41) is 9.33. The van der Waals surface area contributed by atoms with Crippen molar-refractivity contribution >= 4 is 11.9 Å². The van der Waals surface area contributed by atoms with E-state index in [9.17, 15) is 14.7 Å². The fourth-order valence-corrected chi connectivity index (χ4v) is 8.10. The van der Waals surface area contributed by atoms with Crippen LogP contribution in [0.1, 0.15) is 252 Å². The van der Waals surface area contributed by atoms with Crippen molar-refractivity contribution in [1.29, 1.82) is 0 Å². The smallest absolute Gasteiger partial charge is 0.308 e. The first kappa shape index (κ1) is 56.8.